The minimum Gasteiger partial charge on any atom is -0.394 e. The highest BCUT2D eigenvalue weighted by molar-refractivity contribution is 5.76. The third-order valence-electron chi connectivity index (χ3n) is 13.9. The molecule has 2 unspecified atom stereocenters. The fourth-order valence-electron chi connectivity index (χ4n) is 9.31. The largest absolute Gasteiger partial charge is 0.394 e. The van der Waals surface area contributed by atoms with Crippen molar-refractivity contribution in [2.75, 3.05) is 6.61 Å². The van der Waals surface area contributed by atoms with E-state index in [9.17, 15) is 15.0 Å². The highest BCUT2D eigenvalue weighted by atomic mass is 16.3. The summed E-state index contributed by atoms with van der Waals surface area (Å²) in [5, 5.41) is 23.1. The first-order chi connectivity index (χ1) is 34.2. The Morgan fingerprint density at radius 2 is 0.652 bits per heavy atom. The van der Waals surface area contributed by atoms with Crippen LogP contribution in [0.25, 0.3) is 0 Å². The number of aliphatic hydroxyl groups excluding tert-OH is 2. The van der Waals surface area contributed by atoms with E-state index in [2.05, 4.69) is 79.9 Å². The Morgan fingerprint density at radius 1 is 0.362 bits per heavy atom. The molecule has 4 heteroatoms. The predicted octanol–water partition coefficient (Wildman–Crippen LogP) is 20.5. The first-order valence-corrected chi connectivity index (χ1v) is 30.7. The van der Waals surface area contributed by atoms with Gasteiger partial charge in [-0.15, -0.1) is 0 Å². The fourth-order valence-corrected chi connectivity index (χ4v) is 9.31. The number of aliphatic hydroxyl groups is 2. The molecule has 0 saturated heterocycles. The number of carbonyl (C=O) groups excluding carboxylic acids is 1. The van der Waals surface area contributed by atoms with Crippen LogP contribution >= 0.6 is 0 Å². The third-order valence-corrected chi connectivity index (χ3v) is 13.9. The van der Waals surface area contributed by atoms with Crippen LogP contribution in [0.4, 0.5) is 0 Å². The number of hydrogen-bond acceptors (Lipinski definition) is 3. The molecular formula is C65H119NO3. The van der Waals surface area contributed by atoms with Gasteiger partial charge in [-0.3, -0.25) is 4.79 Å². The first kappa shape index (κ1) is 66.8. The van der Waals surface area contributed by atoms with E-state index >= 15 is 0 Å². The number of allylic oxidation sites excluding steroid dienone is 11. The van der Waals surface area contributed by atoms with Crippen LogP contribution in [0, 0.1) is 0 Å². The van der Waals surface area contributed by atoms with Crippen molar-refractivity contribution in [3.8, 4) is 0 Å². The van der Waals surface area contributed by atoms with Crippen molar-refractivity contribution in [2.45, 2.75) is 328 Å². The summed E-state index contributed by atoms with van der Waals surface area (Å²) in [5.74, 6) is -0.0693. The van der Waals surface area contributed by atoms with Gasteiger partial charge in [0, 0.05) is 6.42 Å². The minimum atomic E-state index is -0.862. The molecule has 0 radical (unpaired) electrons. The van der Waals surface area contributed by atoms with Crippen LogP contribution in [0.2, 0.25) is 0 Å². The molecule has 0 fully saturated rings. The molecule has 2 atom stereocenters. The lowest BCUT2D eigenvalue weighted by molar-refractivity contribution is -0.123. The van der Waals surface area contributed by atoms with E-state index < -0.39 is 12.1 Å². The van der Waals surface area contributed by atoms with Crippen molar-refractivity contribution < 1.29 is 15.0 Å². The van der Waals surface area contributed by atoms with Gasteiger partial charge in [0.25, 0.3) is 0 Å². The summed E-state index contributed by atoms with van der Waals surface area (Å²) in [7, 11) is 0. The lowest BCUT2D eigenvalue weighted by Crippen LogP contribution is -2.45. The standard InChI is InChI=1S/C65H119NO3/c1-3-5-7-9-11-13-15-17-19-21-23-24-25-26-27-28-29-30-31-32-33-34-35-36-37-38-39-40-41-42-43-45-47-49-51-53-55-57-59-61-65(69)66-63(62-67)64(68)60-58-56-54-52-50-48-46-44-22-20-18-16-14-12-10-8-6-4-2/h5,7,11,13,17,19,23-24,50,52,58,60,63-64,67-68H,3-4,6,8-10,12,14-16,18,20-22,25-49,51,53-57,59,61-62H2,1-2H3,(H,66,69)/b7-5-,13-11-,19-17-,24-23-,52-50+,60-58+. The highest BCUT2D eigenvalue weighted by Crippen LogP contribution is 2.17. The molecule has 0 aromatic rings. The molecule has 0 spiro atoms. The molecule has 0 saturated carbocycles. The first-order valence-electron chi connectivity index (χ1n) is 30.7. The van der Waals surface area contributed by atoms with Crippen LogP contribution in [-0.4, -0.2) is 34.9 Å². The summed E-state index contributed by atoms with van der Waals surface area (Å²) in [4.78, 5) is 12.5. The molecule has 0 heterocycles. The fraction of sp³-hybridized carbons (Fsp3) is 0.800. The molecule has 3 N–H and O–H groups in total. The average molecular weight is 963 g/mol. The van der Waals surface area contributed by atoms with Gasteiger partial charge in [0.05, 0.1) is 18.8 Å². The van der Waals surface area contributed by atoms with Crippen LogP contribution < -0.4 is 5.32 Å². The lowest BCUT2D eigenvalue weighted by atomic mass is 10.0. The van der Waals surface area contributed by atoms with Crippen molar-refractivity contribution in [1.82, 2.24) is 5.32 Å². The van der Waals surface area contributed by atoms with Crippen molar-refractivity contribution in [2.24, 2.45) is 0 Å². The molecule has 0 aliphatic carbocycles. The number of hydrogen-bond donors (Lipinski definition) is 3. The maximum absolute atomic E-state index is 12.5. The van der Waals surface area contributed by atoms with Gasteiger partial charge in [0.15, 0.2) is 0 Å². The second-order valence-corrected chi connectivity index (χ2v) is 20.7. The Bertz CT molecular complexity index is 1180. The number of rotatable bonds is 56. The smallest absolute Gasteiger partial charge is 0.220 e. The SMILES string of the molecule is CC/C=C\C/C=C\C/C=C\C/C=C\CCCCCCCCCCCCCCCCCCCCCCCCCCCCC(=O)NC(CO)C(O)/C=C/CC/C=C/CCCCCCCCCCCCCC. The Balaban J connectivity index is 3.43. The third kappa shape index (κ3) is 56.6. The molecule has 69 heavy (non-hydrogen) atoms. The zero-order valence-electron chi connectivity index (χ0n) is 46.3. The lowest BCUT2D eigenvalue weighted by Gasteiger charge is -2.19. The van der Waals surface area contributed by atoms with Crippen LogP contribution in [0.5, 0.6) is 0 Å². The monoisotopic (exact) mass is 962 g/mol. The second kappa shape index (κ2) is 60.1. The minimum absolute atomic E-state index is 0.0693. The molecule has 0 aromatic heterocycles. The van der Waals surface area contributed by atoms with Gasteiger partial charge < -0.3 is 15.5 Å². The normalized spacial score (nSPS) is 13.3. The maximum atomic E-state index is 12.5. The molecule has 402 valence electrons. The molecule has 0 rings (SSSR count). The van der Waals surface area contributed by atoms with Crippen molar-refractivity contribution in [3.05, 3.63) is 72.9 Å². The molecule has 0 aliphatic rings. The molecule has 0 aromatic carbocycles. The Kier molecular flexibility index (Phi) is 58.2. The number of unbranched alkanes of at least 4 members (excludes halogenated alkanes) is 39. The van der Waals surface area contributed by atoms with E-state index in [0.29, 0.717) is 6.42 Å². The molecule has 0 bridgehead atoms. The van der Waals surface area contributed by atoms with Crippen LogP contribution in [0.15, 0.2) is 72.9 Å². The van der Waals surface area contributed by atoms with E-state index in [0.717, 1.165) is 57.8 Å². The zero-order chi connectivity index (χ0) is 49.9. The van der Waals surface area contributed by atoms with Gasteiger partial charge >= 0.3 is 0 Å². The van der Waals surface area contributed by atoms with E-state index in [1.54, 1.807) is 6.08 Å². The van der Waals surface area contributed by atoms with E-state index in [4.69, 9.17) is 0 Å². The number of amides is 1. The highest BCUT2D eigenvalue weighted by Gasteiger charge is 2.18. The number of carbonyl (C=O) groups is 1. The summed E-state index contributed by atoms with van der Waals surface area (Å²) in [5.41, 5.74) is 0. The van der Waals surface area contributed by atoms with E-state index in [1.165, 1.54) is 238 Å². The predicted molar refractivity (Wildman–Crippen MR) is 308 cm³/mol. The van der Waals surface area contributed by atoms with Gasteiger partial charge in [-0.25, -0.2) is 0 Å². The van der Waals surface area contributed by atoms with Crippen molar-refractivity contribution >= 4 is 5.91 Å². The average Bonchev–Trinajstić information content (AvgIpc) is 3.35. The van der Waals surface area contributed by atoms with Gasteiger partial charge in [-0.1, -0.05) is 311 Å². The summed E-state index contributed by atoms with van der Waals surface area (Å²) in [6.45, 7) is 4.20. The van der Waals surface area contributed by atoms with Gasteiger partial charge in [-0.2, -0.15) is 0 Å². The quantitative estimate of drug-likeness (QED) is 0.0420. The Labute approximate surface area is 431 Å². The summed E-state index contributed by atoms with van der Waals surface area (Å²) in [6.07, 6.45) is 86.7. The van der Waals surface area contributed by atoms with Crippen molar-refractivity contribution in [3.63, 3.8) is 0 Å². The van der Waals surface area contributed by atoms with Crippen LogP contribution in [-0.2, 0) is 4.79 Å². The molecule has 4 nitrogen and oxygen atoms in total. The topological polar surface area (TPSA) is 69.6 Å². The molecule has 1 amide bonds. The zero-order valence-corrected chi connectivity index (χ0v) is 46.3. The van der Waals surface area contributed by atoms with Gasteiger partial charge in [-0.05, 0) is 70.6 Å². The van der Waals surface area contributed by atoms with Crippen LogP contribution in [0.3, 0.4) is 0 Å². The molecule has 0 aliphatic heterocycles. The number of nitrogens with one attached hydrogen (secondary N) is 1. The summed E-state index contributed by atoms with van der Waals surface area (Å²) in [6, 6.07) is -0.639. The van der Waals surface area contributed by atoms with Gasteiger partial charge in [0.1, 0.15) is 0 Å². The summed E-state index contributed by atoms with van der Waals surface area (Å²) >= 11 is 0. The maximum Gasteiger partial charge on any atom is 0.220 e. The van der Waals surface area contributed by atoms with E-state index in [-0.39, 0.29) is 12.5 Å². The Morgan fingerprint density at radius 3 is 1.01 bits per heavy atom. The molecular weight excluding hydrogens is 843 g/mol. The van der Waals surface area contributed by atoms with E-state index in [1.807, 2.05) is 6.08 Å². The summed E-state index contributed by atoms with van der Waals surface area (Å²) < 4.78 is 0. The Hall–Kier alpha value is -2.17. The van der Waals surface area contributed by atoms with Crippen LogP contribution in [0.1, 0.15) is 316 Å². The van der Waals surface area contributed by atoms with Gasteiger partial charge in [0.2, 0.25) is 5.91 Å². The second-order valence-electron chi connectivity index (χ2n) is 20.7. The van der Waals surface area contributed by atoms with Crippen molar-refractivity contribution in [1.29, 1.82) is 0 Å².